The molecule has 1 aliphatic heterocycles. The molecule has 0 bridgehead atoms. The number of fused-ring (bicyclic) bond motifs is 1. The second-order valence-electron chi connectivity index (χ2n) is 8.77. The number of hydrogen-bond acceptors (Lipinski definition) is 5. The number of nitrogens with zero attached hydrogens (tertiary/aromatic N) is 3. The molecule has 0 atom stereocenters. The van der Waals surface area contributed by atoms with Crippen LogP contribution in [-0.4, -0.2) is 47.2 Å². The summed E-state index contributed by atoms with van der Waals surface area (Å²) in [4.78, 5) is 23.4. The monoisotopic (exact) mass is 541 g/mol. The van der Waals surface area contributed by atoms with Crippen molar-refractivity contribution in [3.8, 4) is 11.1 Å². The summed E-state index contributed by atoms with van der Waals surface area (Å²) in [5.74, 6) is -0.313. The smallest absolute Gasteiger partial charge is 0.379 e. The van der Waals surface area contributed by atoms with Crippen LogP contribution >= 0.6 is 11.6 Å². The predicted octanol–water partition coefficient (Wildman–Crippen LogP) is 6.45. The zero-order valence-electron chi connectivity index (χ0n) is 20.1. The maximum Gasteiger partial charge on any atom is 0.416 e. The minimum atomic E-state index is -4.62. The van der Waals surface area contributed by atoms with Gasteiger partial charge in [-0.1, -0.05) is 48.0 Å². The Hall–Kier alpha value is -3.73. The topological polar surface area (TPSA) is 79.4 Å². The largest absolute Gasteiger partial charge is 0.416 e. The van der Waals surface area contributed by atoms with Crippen molar-refractivity contribution in [2.45, 2.75) is 12.7 Å². The molecule has 2 N–H and O–H groups in total. The molecule has 1 saturated heterocycles. The molecule has 11 heteroatoms. The van der Waals surface area contributed by atoms with E-state index in [0.717, 1.165) is 66.5 Å². The maximum absolute atomic E-state index is 13.1. The molecule has 2 aromatic carbocycles. The van der Waals surface area contributed by atoms with Gasteiger partial charge in [0.25, 0.3) is 0 Å². The molecule has 2 amide bonds. The molecule has 7 nitrogen and oxygen atoms in total. The molecule has 2 aromatic heterocycles. The van der Waals surface area contributed by atoms with Gasteiger partial charge in [0, 0.05) is 36.8 Å². The molecule has 0 saturated carbocycles. The zero-order chi connectivity index (χ0) is 26.7. The number of hydrogen-bond donors (Lipinski definition) is 2. The van der Waals surface area contributed by atoms with Gasteiger partial charge in [0.05, 0.1) is 30.2 Å². The summed E-state index contributed by atoms with van der Waals surface area (Å²) in [6, 6.07) is 15.8. The van der Waals surface area contributed by atoms with Crippen LogP contribution in [0.15, 0.2) is 66.9 Å². The van der Waals surface area contributed by atoms with Crippen molar-refractivity contribution < 1.29 is 22.7 Å². The third kappa shape index (κ3) is 6.04. The molecule has 1 aliphatic rings. The quantitative estimate of drug-likeness (QED) is 0.284. The van der Waals surface area contributed by atoms with E-state index in [4.69, 9.17) is 16.3 Å². The lowest BCUT2D eigenvalue weighted by molar-refractivity contribution is -0.137. The zero-order valence-corrected chi connectivity index (χ0v) is 20.8. The fraction of sp³-hybridized carbons (Fsp3) is 0.222. The van der Waals surface area contributed by atoms with Crippen molar-refractivity contribution >= 4 is 39.9 Å². The van der Waals surface area contributed by atoms with Gasteiger partial charge in [0.15, 0.2) is 0 Å². The first-order valence-corrected chi connectivity index (χ1v) is 12.2. The van der Waals surface area contributed by atoms with E-state index in [1.165, 1.54) is 0 Å². The molecule has 0 radical (unpaired) electrons. The first kappa shape index (κ1) is 25.9. The average Bonchev–Trinajstić information content (AvgIpc) is 2.89. The molecule has 1 fully saturated rings. The second-order valence-corrected chi connectivity index (χ2v) is 9.16. The van der Waals surface area contributed by atoms with Crippen molar-refractivity contribution in [2.24, 2.45) is 0 Å². The molecule has 4 aromatic rings. The number of aromatic nitrogens is 2. The molecule has 196 valence electrons. The fourth-order valence-electron chi connectivity index (χ4n) is 4.32. The number of carbonyl (C=O) groups excluding carboxylic acids is 1. The standard InChI is InChI=1S/C27H23ClF3N5O2/c28-24-13-18(27(29,30)31)14-25(34-24)35-26(37)33-23-8-7-20(21-3-1-2-4-22(21)23)17-5-6-19(32-15-17)16-36-9-11-38-12-10-36/h1-8,13-15H,9-12,16H2,(H2,33,34,35,37). The SMILES string of the molecule is O=C(Nc1cc(C(F)(F)F)cc(Cl)n1)Nc1ccc(-c2ccc(CN3CCOCC3)nc2)c2ccccc12. The number of alkyl halides is 3. The fourth-order valence-corrected chi connectivity index (χ4v) is 4.53. The highest BCUT2D eigenvalue weighted by atomic mass is 35.5. The Morgan fingerprint density at radius 1 is 1.00 bits per heavy atom. The van der Waals surface area contributed by atoms with Gasteiger partial charge in [-0.25, -0.2) is 9.78 Å². The highest BCUT2D eigenvalue weighted by Crippen LogP contribution is 2.34. The Morgan fingerprint density at radius 2 is 1.76 bits per heavy atom. The van der Waals surface area contributed by atoms with Crippen LogP contribution in [0.3, 0.4) is 0 Å². The summed E-state index contributed by atoms with van der Waals surface area (Å²) in [5, 5.41) is 6.29. The maximum atomic E-state index is 13.1. The van der Waals surface area contributed by atoms with Crippen LogP contribution in [0.5, 0.6) is 0 Å². The number of urea groups is 1. The first-order chi connectivity index (χ1) is 18.3. The van der Waals surface area contributed by atoms with Crippen LogP contribution in [0.25, 0.3) is 21.9 Å². The number of benzene rings is 2. The van der Waals surface area contributed by atoms with Gasteiger partial charge in [-0.3, -0.25) is 15.2 Å². The predicted molar refractivity (Wildman–Crippen MR) is 140 cm³/mol. The highest BCUT2D eigenvalue weighted by Gasteiger charge is 2.31. The average molecular weight is 542 g/mol. The van der Waals surface area contributed by atoms with E-state index >= 15 is 0 Å². The van der Waals surface area contributed by atoms with Crippen molar-refractivity contribution in [3.05, 3.63) is 83.3 Å². The molecular formula is C27H23ClF3N5O2. The normalized spacial score (nSPS) is 14.4. The minimum absolute atomic E-state index is 0.313. The molecular weight excluding hydrogens is 519 g/mol. The molecule has 0 spiro atoms. The first-order valence-electron chi connectivity index (χ1n) is 11.9. The van der Waals surface area contributed by atoms with E-state index in [1.54, 1.807) is 6.07 Å². The van der Waals surface area contributed by atoms with Crippen LogP contribution in [0.1, 0.15) is 11.3 Å². The Balaban J connectivity index is 1.35. The highest BCUT2D eigenvalue weighted by molar-refractivity contribution is 6.29. The molecule has 38 heavy (non-hydrogen) atoms. The molecule has 5 rings (SSSR count). The summed E-state index contributed by atoms with van der Waals surface area (Å²) in [6.45, 7) is 3.98. The lowest BCUT2D eigenvalue weighted by atomic mass is 9.98. The number of amides is 2. The van der Waals surface area contributed by atoms with Crippen molar-refractivity contribution in [1.82, 2.24) is 14.9 Å². The summed E-state index contributed by atoms with van der Waals surface area (Å²) in [5.41, 5.74) is 2.30. The third-order valence-electron chi connectivity index (χ3n) is 6.16. The summed E-state index contributed by atoms with van der Waals surface area (Å²) >= 11 is 5.72. The number of rotatable bonds is 5. The van der Waals surface area contributed by atoms with E-state index in [1.807, 2.05) is 48.7 Å². The van der Waals surface area contributed by atoms with Gasteiger partial charge in [0.2, 0.25) is 0 Å². The Labute approximate surface area is 221 Å². The van der Waals surface area contributed by atoms with Crippen LogP contribution < -0.4 is 10.6 Å². The number of pyridine rings is 2. The van der Waals surface area contributed by atoms with E-state index < -0.39 is 17.8 Å². The van der Waals surface area contributed by atoms with Crippen LogP contribution in [-0.2, 0) is 17.5 Å². The number of nitrogens with one attached hydrogen (secondary N) is 2. The van der Waals surface area contributed by atoms with Gasteiger partial charge in [-0.15, -0.1) is 0 Å². The molecule has 0 aliphatic carbocycles. The number of ether oxygens (including phenoxy) is 1. The second kappa shape index (κ2) is 10.9. The van der Waals surface area contributed by atoms with E-state index in [-0.39, 0.29) is 11.0 Å². The molecule has 0 unspecified atom stereocenters. The van der Waals surface area contributed by atoms with Crippen molar-refractivity contribution in [3.63, 3.8) is 0 Å². The number of morpholine rings is 1. The number of anilines is 2. The Morgan fingerprint density at radius 3 is 2.47 bits per heavy atom. The lowest BCUT2D eigenvalue weighted by Gasteiger charge is -2.26. The van der Waals surface area contributed by atoms with Crippen LogP contribution in [0, 0.1) is 0 Å². The van der Waals surface area contributed by atoms with Gasteiger partial charge >= 0.3 is 12.2 Å². The Bertz CT molecular complexity index is 1460. The van der Waals surface area contributed by atoms with Gasteiger partial charge in [-0.2, -0.15) is 13.2 Å². The summed E-state index contributed by atoms with van der Waals surface area (Å²) in [7, 11) is 0. The molecule has 3 heterocycles. The van der Waals surface area contributed by atoms with Gasteiger partial charge in [-0.05, 0) is 35.2 Å². The summed E-state index contributed by atoms with van der Waals surface area (Å²) < 4.78 is 44.7. The number of carbonyl (C=O) groups is 1. The third-order valence-corrected chi connectivity index (χ3v) is 6.35. The van der Waals surface area contributed by atoms with E-state index in [0.29, 0.717) is 11.8 Å². The number of halogens is 4. The van der Waals surface area contributed by atoms with E-state index in [2.05, 4.69) is 25.5 Å². The van der Waals surface area contributed by atoms with Crippen molar-refractivity contribution in [2.75, 3.05) is 36.9 Å². The van der Waals surface area contributed by atoms with E-state index in [9.17, 15) is 18.0 Å². The van der Waals surface area contributed by atoms with Crippen molar-refractivity contribution in [1.29, 1.82) is 0 Å². The lowest BCUT2D eigenvalue weighted by Crippen LogP contribution is -2.35. The van der Waals surface area contributed by atoms with Crippen LogP contribution in [0.2, 0.25) is 5.15 Å². The summed E-state index contributed by atoms with van der Waals surface area (Å²) in [6.07, 6.45) is -2.79. The van der Waals surface area contributed by atoms with Crippen LogP contribution in [0.4, 0.5) is 29.5 Å². The minimum Gasteiger partial charge on any atom is -0.379 e. The Kier molecular flexibility index (Phi) is 7.46. The van der Waals surface area contributed by atoms with Gasteiger partial charge in [0.1, 0.15) is 11.0 Å². The van der Waals surface area contributed by atoms with Gasteiger partial charge < -0.3 is 10.1 Å².